The molecule has 10 heteroatoms. The van der Waals surface area contributed by atoms with Crippen molar-refractivity contribution >= 4 is 17.3 Å². The number of thiazole rings is 1. The molecule has 0 aliphatic carbocycles. The Morgan fingerprint density at radius 1 is 1.36 bits per heavy atom. The number of aromatic nitrogens is 3. The number of carbonyl (C=O) groups is 1. The lowest BCUT2D eigenvalue weighted by Gasteiger charge is -2.09. The quantitative estimate of drug-likeness (QED) is 0.755. The van der Waals surface area contributed by atoms with E-state index in [0.29, 0.717) is 22.1 Å². The van der Waals surface area contributed by atoms with Gasteiger partial charge in [-0.15, -0.1) is 24.5 Å². The van der Waals surface area contributed by atoms with E-state index in [1.54, 1.807) is 18.4 Å². The maximum atomic E-state index is 12.3. The van der Waals surface area contributed by atoms with Crippen LogP contribution in [0.15, 0.2) is 35.8 Å². The number of rotatable bonds is 4. The molecule has 0 aliphatic heterocycles. The summed E-state index contributed by atoms with van der Waals surface area (Å²) in [6.45, 7) is 1.59. The van der Waals surface area contributed by atoms with E-state index in [1.807, 2.05) is 0 Å². The average Bonchev–Trinajstić information content (AvgIpc) is 3.12. The highest BCUT2D eigenvalue weighted by molar-refractivity contribution is 7.12. The van der Waals surface area contributed by atoms with E-state index in [1.165, 1.54) is 40.4 Å². The highest BCUT2D eigenvalue weighted by atomic mass is 32.1. The van der Waals surface area contributed by atoms with E-state index in [0.717, 1.165) is 0 Å². The number of halogens is 3. The van der Waals surface area contributed by atoms with Gasteiger partial charge in [-0.1, -0.05) is 12.1 Å². The molecule has 3 rings (SSSR count). The molecule has 0 saturated carbocycles. The van der Waals surface area contributed by atoms with E-state index in [2.05, 4.69) is 14.8 Å². The summed E-state index contributed by atoms with van der Waals surface area (Å²) in [5, 5.41) is 15.1. The number of ether oxygens (including phenoxy) is 1. The van der Waals surface area contributed by atoms with Gasteiger partial charge in [0, 0.05) is 10.9 Å². The van der Waals surface area contributed by atoms with Gasteiger partial charge in [0.05, 0.1) is 17.6 Å². The molecule has 1 aromatic carbocycles. The third-order valence-electron chi connectivity index (χ3n) is 3.28. The second kappa shape index (κ2) is 6.20. The predicted molar refractivity (Wildman–Crippen MR) is 83.1 cm³/mol. The van der Waals surface area contributed by atoms with E-state index in [4.69, 9.17) is 5.11 Å². The van der Waals surface area contributed by atoms with Crippen molar-refractivity contribution in [2.45, 2.75) is 13.3 Å². The SMILES string of the molecule is Cc1c(C(=O)O)cnn1-c1nc(-c2cccc(OC(F)(F)F)c2)cs1. The fourth-order valence-corrected chi connectivity index (χ4v) is 3.00. The first-order valence-electron chi connectivity index (χ1n) is 6.84. The summed E-state index contributed by atoms with van der Waals surface area (Å²) in [5.41, 5.74) is 1.33. The van der Waals surface area contributed by atoms with Gasteiger partial charge in [-0.25, -0.2) is 14.5 Å². The molecule has 0 unspecified atom stereocenters. The normalized spacial score (nSPS) is 11.5. The fourth-order valence-electron chi connectivity index (χ4n) is 2.16. The first-order valence-corrected chi connectivity index (χ1v) is 7.72. The highest BCUT2D eigenvalue weighted by Crippen LogP contribution is 2.30. The van der Waals surface area contributed by atoms with Crippen molar-refractivity contribution < 1.29 is 27.8 Å². The van der Waals surface area contributed by atoms with E-state index >= 15 is 0 Å². The second-order valence-corrected chi connectivity index (χ2v) is 5.79. The average molecular weight is 369 g/mol. The molecule has 0 amide bonds. The third-order valence-corrected chi connectivity index (χ3v) is 4.09. The summed E-state index contributed by atoms with van der Waals surface area (Å²) in [6, 6.07) is 5.45. The molecule has 3 aromatic rings. The van der Waals surface area contributed by atoms with Crippen molar-refractivity contribution in [1.29, 1.82) is 0 Å². The molecule has 1 N–H and O–H groups in total. The van der Waals surface area contributed by atoms with Crippen LogP contribution in [0.2, 0.25) is 0 Å². The van der Waals surface area contributed by atoms with Crippen LogP contribution in [-0.2, 0) is 0 Å². The Kier molecular flexibility index (Phi) is 4.21. The van der Waals surface area contributed by atoms with Crippen LogP contribution in [0.3, 0.4) is 0 Å². The van der Waals surface area contributed by atoms with Gasteiger partial charge in [-0.05, 0) is 19.1 Å². The van der Waals surface area contributed by atoms with Crippen molar-refractivity contribution in [1.82, 2.24) is 14.8 Å². The van der Waals surface area contributed by atoms with E-state index < -0.39 is 12.3 Å². The summed E-state index contributed by atoms with van der Waals surface area (Å²) in [7, 11) is 0. The Bertz CT molecular complexity index is 933. The molecule has 0 atom stereocenters. The number of aromatic carboxylic acids is 1. The van der Waals surface area contributed by atoms with Crippen molar-refractivity contribution in [3.05, 3.63) is 47.1 Å². The van der Waals surface area contributed by atoms with E-state index in [9.17, 15) is 18.0 Å². The van der Waals surface area contributed by atoms with Crippen LogP contribution in [0.1, 0.15) is 16.1 Å². The summed E-state index contributed by atoms with van der Waals surface area (Å²) >= 11 is 1.19. The van der Waals surface area contributed by atoms with Gasteiger partial charge in [-0.2, -0.15) is 5.10 Å². The maximum Gasteiger partial charge on any atom is 0.573 e. The highest BCUT2D eigenvalue weighted by Gasteiger charge is 2.31. The van der Waals surface area contributed by atoms with Crippen LogP contribution >= 0.6 is 11.3 Å². The number of hydrogen-bond donors (Lipinski definition) is 1. The molecule has 6 nitrogen and oxygen atoms in total. The number of alkyl halides is 3. The summed E-state index contributed by atoms with van der Waals surface area (Å²) in [4.78, 5) is 15.4. The zero-order chi connectivity index (χ0) is 18.2. The molecule has 0 bridgehead atoms. The second-order valence-electron chi connectivity index (χ2n) is 4.95. The van der Waals surface area contributed by atoms with Gasteiger partial charge in [0.1, 0.15) is 11.3 Å². The molecule has 0 fully saturated rings. The van der Waals surface area contributed by atoms with Crippen LogP contribution in [0.4, 0.5) is 13.2 Å². The maximum absolute atomic E-state index is 12.3. The molecular formula is C15H10F3N3O3S. The van der Waals surface area contributed by atoms with Gasteiger partial charge in [0.15, 0.2) is 0 Å². The van der Waals surface area contributed by atoms with Crippen molar-refractivity contribution in [3.63, 3.8) is 0 Å². The molecule has 0 aliphatic rings. The van der Waals surface area contributed by atoms with E-state index in [-0.39, 0.29) is 11.3 Å². The minimum absolute atomic E-state index is 0.0531. The number of nitrogens with zero attached hydrogens (tertiary/aromatic N) is 3. The van der Waals surface area contributed by atoms with Gasteiger partial charge < -0.3 is 9.84 Å². The molecule has 130 valence electrons. The van der Waals surface area contributed by atoms with Crippen LogP contribution < -0.4 is 4.74 Å². The Balaban J connectivity index is 1.92. The summed E-state index contributed by atoms with van der Waals surface area (Å²) in [5.74, 6) is -1.44. The lowest BCUT2D eigenvalue weighted by molar-refractivity contribution is -0.274. The van der Waals surface area contributed by atoms with Gasteiger partial charge >= 0.3 is 12.3 Å². The zero-order valence-electron chi connectivity index (χ0n) is 12.6. The van der Waals surface area contributed by atoms with Crippen molar-refractivity contribution in [2.75, 3.05) is 0 Å². The monoisotopic (exact) mass is 369 g/mol. The minimum Gasteiger partial charge on any atom is -0.478 e. The van der Waals surface area contributed by atoms with Gasteiger partial charge in [-0.3, -0.25) is 0 Å². The Morgan fingerprint density at radius 3 is 2.76 bits per heavy atom. The number of benzene rings is 1. The van der Waals surface area contributed by atoms with Crippen LogP contribution in [0.5, 0.6) is 5.75 Å². The number of hydrogen-bond acceptors (Lipinski definition) is 5. The van der Waals surface area contributed by atoms with Crippen LogP contribution in [0.25, 0.3) is 16.4 Å². The smallest absolute Gasteiger partial charge is 0.478 e. The number of carboxylic acids is 1. The minimum atomic E-state index is -4.77. The topological polar surface area (TPSA) is 77.2 Å². The fraction of sp³-hybridized carbons (Fsp3) is 0.133. The lowest BCUT2D eigenvalue weighted by Crippen LogP contribution is -2.17. The summed E-state index contributed by atoms with van der Waals surface area (Å²) in [6.07, 6.45) is -3.55. The third kappa shape index (κ3) is 3.63. The van der Waals surface area contributed by atoms with Crippen molar-refractivity contribution in [2.24, 2.45) is 0 Å². The number of carboxylic acid groups (broad SMARTS) is 1. The molecule has 0 spiro atoms. The molecule has 25 heavy (non-hydrogen) atoms. The Hall–Kier alpha value is -2.88. The first kappa shape index (κ1) is 17.0. The molecule has 0 saturated heterocycles. The van der Waals surface area contributed by atoms with Gasteiger partial charge in [0.25, 0.3) is 0 Å². The Morgan fingerprint density at radius 2 is 2.12 bits per heavy atom. The zero-order valence-corrected chi connectivity index (χ0v) is 13.4. The molecule has 0 radical (unpaired) electrons. The summed E-state index contributed by atoms with van der Waals surface area (Å²) < 4.78 is 42.2. The molecule has 2 aromatic heterocycles. The lowest BCUT2D eigenvalue weighted by atomic mass is 10.2. The molecule has 2 heterocycles. The van der Waals surface area contributed by atoms with Crippen LogP contribution in [-0.4, -0.2) is 32.2 Å². The standard InChI is InChI=1S/C15H10F3N3O3S/c1-8-11(13(22)23)6-19-21(8)14-20-12(7-25-14)9-3-2-4-10(5-9)24-15(16,17)18/h2-7H,1H3,(H,22,23). The van der Waals surface area contributed by atoms with Crippen molar-refractivity contribution in [3.8, 4) is 22.1 Å². The van der Waals surface area contributed by atoms with Gasteiger partial charge in [0.2, 0.25) is 5.13 Å². The first-order chi connectivity index (χ1) is 11.7. The Labute approximate surface area is 143 Å². The van der Waals surface area contributed by atoms with Crippen LogP contribution in [0, 0.1) is 6.92 Å². The molecular weight excluding hydrogens is 359 g/mol. The predicted octanol–water partition coefficient (Wildman–Crippen LogP) is 3.90. The largest absolute Gasteiger partial charge is 0.573 e.